The summed E-state index contributed by atoms with van der Waals surface area (Å²) in [6.45, 7) is 0.476. The van der Waals surface area contributed by atoms with Crippen molar-refractivity contribution in [1.82, 2.24) is 5.32 Å². The van der Waals surface area contributed by atoms with Crippen molar-refractivity contribution in [1.29, 1.82) is 0 Å². The number of thiophene rings is 1. The van der Waals surface area contributed by atoms with Crippen molar-refractivity contribution in [3.63, 3.8) is 0 Å². The van der Waals surface area contributed by atoms with Crippen LogP contribution >= 0.6 is 11.3 Å². The third kappa shape index (κ3) is 5.77. The van der Waals surface area contributed by atoms with Gasteiger partial charge in [-0.3, -0.25) is 9.00 Å². The standard InChI is InChI=1S/C21H21NO3S2/c1-27(24)15-20(16-7-3-2-4-8-16)22-21(23)17-9-5-10-18(13-17)25-14-19-11-6-12-26-19/h2-13,20H,14-15H2,1H3,(H,22,23)/t20-,27+/m0/s1. The highest BCUT2D eigenvalue weighted by molar-refractivity contribution is 7.84. The summed E-state index contributed by atoms with van der Waals surface area (Å²) in [7, 11) is -1.03. The maximum absolute atomic E-state index is 12.7. The van der Waals surface area contributed by atoms with Gasteiger partial charge in [0.25, 0.3) is 5.91 Å². The molecule has 0 bridgehead atoms. The SMILES string of the molecule is C[S@@](=O)C[C@H](NC(=O)c1cccc(OCc2cccs2)c1)c1ccccc1. The fraction of sp³-hybridized carbons (Fsp3) is 0.190. The Hall–Kier alpha value is -2.44. The van der Waals surface area contributed by atoms with Crippen LogP contribution in [0.1, 0.15) is 26.8 Å². The van der Waals surface area contributed by atoms with Crippen molar-refractivity contribution in [2.45, 2.75) is 12.6 Å². The van der Waals surface area contributed by atoms with E-state index in [0.29, 0.717) is 23.7 Å². The maximum Gasteiger partial charge on any atom is 0.251 e. The highest BCUT2D eigenvalue weighted by Crippen LogP contribution is 2.19. The Kier molecular flexibility index (Phi) is 6.79. The second-order valence-electron chi connectivity index (χ2n) is 6.07. The highest BCUT2D eigenvalue weighted by Gasteiger charge is 2.17. The smallest absolute Gasteiger partial charge is 0.251 e. The molecule has 4 nitrogen and oxygen atoms in total. The molecule has 1 amide bonds. The van der Waals surface area contributed by atoms with Crippen LogP contribution in [0.5, 0.6) is 5.75 Å². The molecule has 1 aromatic heterocycles. The molecule has 6 heteroatoms. The summed E-state index contributed by atoms with van der Waals surface area (Å²) < 4.78 is 17.5. The van der Waals surface area contributed by atoms with Gasteiger partial charge in [0.1, 0.15) is 12.4 Å². The van der Waals surface area contributed by atoms with Gasteiger partial charge in [-0.25, -0.2) is 0 Å². The zero-order valence-electron chi connectivity index (χ0n) is 15.0. The van der Waals surface area contributed by atoms with Crippen LogP contribution in [0.3, 0.4) is 0 Å². The Labute approximate surface area is 165 Å². The first-order chi connectivity index (χ1) is 13.1. The zero-order valence-corrected chi connectivity index (χ0v) is 16.6. The van der Waals surface area contributed by atoms with Crippen LogP contribution in [0.15, 0.2) is 72.1 Å². The van der Waals surface area contributed by atoms with E-state index in [1.165, 1.54) is 0 Å². The van der Waals surface area contributed by atoms with Crippen LogP contribution in [0.25, 0.3) is 0 Å². The molecule has 1 N–H and O–H groups in total. The Morgan fingerprint density at radius 2 is 1.93 bits per heavy atom. The molecule has 0 aliphatic heterocycles. The quantitative estimate of drug-likeness (QED) is 0.618. The van der Waals surface area contributed by atoms with Gasteiger partial charge < -0.3 is 10.1 Å². The van der Waals surface area contributed by atoms with Crippen molar-refractivity contribution >= 4 is 28.0 Å². The van der Waals surface area contributed by atoms with Crippen LogP contribution in [0.4, 0.5) is 0 Å². The minimum absolute atomic E-state index is 0.212. The van der Waals surface area contributed by atoms with Crippen LogP contribution in [-0.4, -0.2) is 22.1 Å². The molecule has 0 aliphatic rings. The number of amides is 1. The van der Waals surface area contributed by atoms with Crippen LogP contribution in [0, 0.1) is 0 Å². The van der Waals surface area contributed by atoms with E-state index in [0.717, 1.165) is 10.4 Å². The number of hydrogen-bond acceptors (Lipinski definition) is 4. The van der Waals surface area contributed by atoms with Crippen LogP contribution in [-0.2, 0) is 17.4 Å². The van der Waals surface area contributed by atoms with Gasteiger partial charge >= 0.3 is 0 Å². The fourth-order valence-corrected chi connectivity index (χ4v) is 4.02. The lowest BCUT2D eigenvalue weighted by atomic mass is 10.1. The predicted molar refractivity (Wildman–Crippen MR) is 111 cm³/mol. The monoisotopic (exact) mass is 399 g/mol. The van der Waals surface area contributed by atoms with E-state index in [1.54, 1.807) is 35.8 Å². The number of hydrogen-bond donors (Lipinski definition) is 1. The van der Waals surface area contributed by atoms with E-state index in [4.69, 9.17) is 4.74 Å². The van der Waals surface area contributed by atoms with Crippen molar-refractivity contribution in [3.05, 3.63) is 88.1 Å². The lowest BCUT2D eigenvalue weighted by molar-refractivity contribution is 0.0940. The van der Waals surface area contributed by atoms with E-state index < -0.39 is 10.8 Å². The van der Waals surface area contributed by atoms with Gasteiger partial charge in [-0.05, 0) is 35.2 Å². The van der Waals surface area contributed by atoms with Crippen LogP contribution in [0.2, 0.25) is 0 Å². The molecule has 0 saturated carbocycles. The normalized spacial score (nSPS) is 12.9. The Morgan fingerprint density at radius 1 is 1.11 bits per heavy atom. The molecule has 0 unspecified atom stereocenters. The molecule has 140 valence electrons. The number of nitrogens with one attached hydrogen (secondary N) is 1. The second kappa shape index (κ2) is 9.48. The number of carbonyl (C=O) groups excluding carboxylic acids is 1. The first-order valence-corrected chi connectivity index (χ1v) is 11.1. The Morgan fingerprint density at radius 3 is 2.63 bits per heavy atom. The predicted octanol–water partition coefficient (Wildman–Crippen LogP) is 4.18. The second-order valence-corrected chi connectivity index (χ2v) is 8.58. The fourth-order valence-electron chi connectivity index (χ4n) is 2.66. The summed E-state index contributed by atoms with van der Waals surface area (Å²) in [6.07, 6.45) is 1.64. The molecular formula is C21H21NO3S2. The minimum Gasteiger partial charge on any atom is -0.488 e. The van der Waals surface area contributed by atoms with Gasteiger partial charge in [-0.15, -0.1) is 11.3 Å². The van der Waals surface area contributed by atoms with Crippen molar-refractivity contribution < 1.29 is 13.7 Å². The third-order valence-corrected chi connectivity index (χ3v) is 5.62. The van der Waals surface area contributed by atoms with Gasteiger partial charge in [-0.2, -0.15) is 0 Å². The topological polar surface area (TPSA) is 55.4 Å². The molecule has 0 aliphatic carbocycles. The van der Waals surface area contributed by atoms with Crippen molar-refractivity contribution in [2.75, 3.05) is 12.0 Å². The molecule has 27 heavy (non-hydrogen) atoms. The van der Waals surface area contributed by atoms with Gasteiger partial charge in [0.05, 0.1) is 6.04 Å². The maximum atomic E-state index is 12.7. The van der Waals surface area contributed by atoms with E-state index >= 15 is 0 Å². The number of rotatable bonds is 8. The van der Waals surface area contributed by atoms with Gasteiger partial charge in [0, 0.05) is 33.2 Å². The Balaban J connectivity index is 1.70. The highest BCUT2D eigenvalue weighted by atomic mass is 32.2. The minimum atomic E-state index is -1.03. The number of carbonyl (C=O) groups is 1. The third-order valence-electron chi connectivity index (χ3n) is 3.97. The first-order valence-electron chi connectivity index (χ1n) is 8.53. The molecule has 0 spiro atoms. The summed E-state index contributed by atoms with van der Waals surface area (Å²) in [5, 5.41) is 5.00. The molecule has 3 rings (SSSR count). The van der Waals surface area contributed by atoms with Crippen molar-refractivity contribution in [3.8, 4) is 5.75 Å². The molecule has 3 aromatic rings. The summed E-state index contributed by atoms with van der Waals surface area (Å²) in [5.41, 5.74) is 1.45. The number of benzene rings is 2. The van der Waals surface area contributed by atoms with Gasteiger partial charge in [0.2, 0.25) is 0 Å². The largest absolute Gasteiger partial charge is 0.488 e. The van der Waals surface area contributed by atoms with Crippen molar-refractivity contribution in [2.24, 2.45) is 0 Å². The van der Waals surface area contributed by atoms with E-state index in [1.807, 2.05) is 53.9 Å². The lowest BCUT2D eigenvalue weighted by Crippen LogP contribution is -2.31. The molecule has 2 aromatic carbocycles. The van der Waals surface area contributed by atoms with Gasteiger partial charge in [0.15, 0.2) is 0 Å². The van der Waals surface area contributed by atoms with E-state index in [2.05, 4.69) is 5.32 Å². The zero-order chi connectivity index (χ0) is 19.1. The molecule has 1 heterocycles. The first kappa shape index (κ1) is 19.3. The summed E-state index contributed by atoms with van der Waals surface area (Å²) >= 11 is 1.63. The van der Waals surface area contributed by atoms with Crippen LogP contribution < -0.4 is 10.1 Å². The van der Waals surface area contributed by atoms with E-state index in [9.17, 15) is 9.00 Å². The molecular weight excluding hydrogens is 378 g/mol. The molecule has 2 atom stereocenters. The van der Waals surface area contributed by atoms with E-state index in [-0.39, 0.29) is 11.9 Å². The number of ether oxygens (including phenoxy) is 1. The summed E-state index contributed by atoms with van der Waals surface area (Å²) in [4.78, 5) is 13.9. The molecule has 0 saturated heterocycles. The lowest BCUT2D eigenvalue weighted by Gasteiger charge is -2.18. The summed E-state index contributed by atoms with van der Waals surface area (Å²) in [6, 6.07) is 20.4. The molecule has 0 fully saturated rings. The average Bonchev–Trinajstić information content (AvgIpc) is 3.20. The summed E-state index contributed by atoms with van der Waals surface area (Å²) in [5.74, 6) is 0.798. The molecule has 0 radical (unpaired) electrons. The van der Waals surface area contributed by atoms with Gasteiger partial charge in [-0.1, -0.05) is 42.5 Å². The average molecular weight is 400 g/mol. The Bertz CT molecular complexity index is 895.